The van der Waals surface area contributed by atoms with Crippen LogP contribution in [0.15, 0.2) is 15.3 Å². The Hall–Kier alpha value is -0.580. The number of azo groups is 1. The topological polar surface area (TPSA) is 49.1 Å². The number of fused-ring (bicyclic) bond motifs is 1. The maximum atomic E-state index is 4.47. The first-order valence-corrected chi connectivity index (χ1v) is 8.20. The predicted molar refractivity (Wildman–Crippen MR) is 75.9 cm³/mol. The molecule has 2 fully saturated rings. The van der Waals surface area contributed by atoms with E-state index in [1.165, 1.54) is 57.8 Å². The molecule has 3 aliphatic rings. The number of nitrogens with one attached hydrogen (secondary N) is 1. The minimum absolute atomic E-state index is 0.456. The molecule has 0 aromatic rings. The van der Waals surface area contributed by atoms with E-state index in [2.05, 4.69) is 20.8 Å². The van der Waals surface area contributed by atoms with Crippen LogP contribution in [-0.2, 0) is 0 Å². The van der Waals surface area contributed by atoms with Crippen LogP contribution in [0.3, 0.4) is 0 Å². The maximum Gasteiger partial charge on any atom is 0.226 e. The van der Waals surface area contributed by atoms with Gasteiger partial charge in [-0.05, 0) is 25.7 Å². The van der Waals surface area contributed by atoms with Gasteiger partial charge in [0.05, 0.1) is 6.04 Å². The van der Waals surface area contributed by atoms with Gasteiger partial charge in [0.1, 0.15) is 0 Å². The van der Waals surface area contributed by atoms with Crippen molar-refractivity contribution in [2.45, 2.75) is 75.1 Å². The van der Waals surface area contributed by atoms with E-state index < -0.39 is 0 Å². The summed E-state index contributed by atoms with van der Waals surface area (Å²) in [6, 6.07) is 1.02. The molecule has 2 saturated carbocycles. The Morgan fingerprint density at radius 1 is 1.00 bits per heavy atom. The van der Waals surface area contributed by atoms with E-state index >= 15 is 0 Å². The van der Waals surface area contributed by atoms with Crippen molar-refractivity contribution in [3.63, 3.8) is 0 Å². The van der Waals surface area contributed by atoms with Gasteiger partial charge in [0.15, 0.2) is 0 Å². The summed E-state index contributed by atoms with van der Waals surface area (Å²) in [5.41, 5.74) is 3.30. The highest BCUT2D eigenvalue weighted by molar-refractivity contribution is 8.14. The average Bonchev–Trinajstić information content (AvgIpc) is 2.46. The fraction of sp³-hybridized carbons (Fsp3) is 0.923. The van der Waals surface area contributed by atoms with Crippen molar-refractivity contribution >= 4 is 16.9 Å². The summed E-state index contributed by atoms with van der Waals surface area (Å²) >= 11 is 1.83. The van der Waals surface area contributed by atoms with Crippen LogP contribution < -0.4 is 5.43 Å². The summed E-state index contributed by atoms with van der Waals surface area (Å²) in [4.78, 5) is 0. The molecule has 2 atom stereocenters. The molecule has 0 amide bonds. The first-order chi connectivity index (χ1) is 8.92. The van der Waals surface area contributed by atoms with Crippen molar-refractivity contribution in [1.29, 1.82) is 0 Å². The second-order valence-corrected chi connectivity index (χ2v) is 6.79. The minimum atomic E-state index is 0.456. The monoisotopic (exact) mass is 266 g/mol. The predicted octanol–water partition coefficient (Wildman–Crippen LogP) is 3.69. The molecule has 2 unspecified atom stereocenters. The molecule has 0 spiro atoms. The van der Waals surface area contributed by atoms with Gasteiger partial charge < -0.3 is 5.43 Å². The van der Waals surface area contributed by atoms with Crippen molar-refractivity contribution in [3.8, 4) is 0 Å². The zero-order valence-electron chi connectivity index (χ0n) is 10.8. The molecular formula is C13H22N4S. The fourth-order valence-electron chi connectivity index (χ4n) is 3.06. The molecule has 18 heavy (non-hydrogen) atoms. The Morgan fingerprint density at radius 2 is 1.78 bits per heavy atom. The Balaban J connectivity index is 1.55. The molecule has 0 saturated heterocycles. The Morgan fingerprint density at radius 3 is 2.67 bits per heavy atom. The third-order valence-corrected chi connectivity index (χ3v) is 5.40. The zero-order valence-corrected chi connectivity index (χ0v) is 11.7. The molecule has 100 valence electrons. The van der Waals surface area contributed by atoms with E-state index in [9.17, 15) is 0 Å². The molecular weight excluding hydrogens is 244 g/mol. The van der Waals surface area contributed by atoms with E-state index in [1.807, 2.05) is 11.8 Å². The third kappa shape index (κ3) is 3.05. The average molecular weight is 266 g/mol. The van der Waals surface area contributed by atoms with Crippen molar-refractivity contribution in [1.82, 2.24) is 5.43 Å². The van der Waals surface area contributed by atoms with Crippen molar-refractivity contribution in [3.05, 3.63) is 0 Å². The molecule has 4 nitrogen and oxygen atoms in total. The third-order valence-electron chi connectivity index (χ3n) is 4.16. The quantitative estimate of drug-likeness (QED) is 0.775. The fourth-order valence-corrected chi connectivity index (χ4v) is 4.16. The summed E-state index contributed by atoms with van der Waals surface area (Å²) in [6.45, 7) is 0. The number of rotatable bonds is 2. The summed E-state index contributed by atoms with van der Waals surface area (Å²) in [7, 11) is 0. The number of hydrazone groups is 1. The first-order valence-electron chi connectivity index (χ1n) is 7.32. The molecule has 3 rings (SSSR count). The second kappa shape index (κ2) is 6.04. The molecule has 0 aromatic carbocycles. The van der Waals surface area contributed by atoms with Gasteiger partial charge in [-0.3, -0.25) is 0 Å². The molecule has 0 bridgehead atoms. The Bertz CT molecular complexity index is 336. The van der Waals surface area contributed by atoms with Crippen LogP contribution in [-0.4, -0.2) is 22.5 Å². The van der Waals surface area contributed by atoms with Gasteiger partial charge in [-0.15, -0.1) is 5.11 Å². The highest BCUT2D eigenvalue weighted by Gasteiger charge is 2.30. The van der Waals surface area contributed by atoms with Gasteiger partial charge in [-0.25, -0.2) is 0 Å². The van der Waals surface area contributed by atoms with Crippen LogP contribution in [0.1, 0.15) is 57.8 Å². The number of hydrogen-bond donors (Lipinski definition) is 1. The standard InChI is InChI=1S/C13H22N4S/c1-2-6-10(7-3-1)14-16-13-17-15-11-8-4-5-9-12(11)18-13/h10-12,14H,1-9H2/b16-13+. The lowest BCUT2D eigenvalue weighted by Crippen LogP contribution is -2.31. The first kappa shape index (κ1) is 12.5. The van der Waals surface area contributed by atoms with Gasteiger partial charge in [0, 0.05) is 11.3 Å². The summed E-state index contributed by atoms with van der Waals surface area (Å²) in [6.07, 6.45) is 11.7. The van der Waals surface area contributed by atoms with E-state index in [0.29, 0.717) is 17.3 Å². The van der Waals surface area contributed by atoms with Gasteiger partial charge in [-0.1, -0.05) is 43.9 Å². The van der Waals surface area contributed by atoms with Crippen molar-refractivity contribution in [2.24, 2.45) is 15.3 Å². The molecule has 5 heteroatoms. The van der Waals surface area contributed by atoms with Gasteiger partial charge >= 0.3 is 0 Å². The summed E-state index contributed by atoms with van der Waals surface area (Å²) in [5, 5.41) is 14.6. The lowest BCUT2D eigenvalue weighted by atomic mass is 9.95. The molecule has 1 N–H and O–H groups in total. The van der Waals surface area contributed by atoms with Crippen LogP contribution in [0, 0.1) is 0 Å². The maximum absolute atomic E-state index is 4.47. The number of amidine groups is 1. The molecule has 0 radical (unpaired) electrons. The molecule has 1 heterocycles. The largest absolute Gasteiger partial charge is 0.304 e. The van der Waals surface area contributed by atoms with E-state index in [0.717, 1.165) is 5.17 Å². The van der Waals surface area contributed by atoms with Crippen LogP contribution >= 0.6 is 11.8 Å². The number of hydrogen-bond acceptors (Lipinski definition) is 4. The summed E-state index contributed by atoms with van der Waals surface area (Å²) in [5.74, 6) is 0. The van der Waals surface area contributed by atoms with Gasteiger partial charge in [0.25, 0.3) is 0 Å². The smallest absolute Gasteiger partial charge is 0.226 e. The molecule has 0 aromatic heterocycles. The zero-order chi connectivity index (χ0) is 12.2. The molecule has 1 aliphatic heterocycles. The van der Waals surface area contributed by atoms with Gasteiger partial charge in [-0.2, -0.15) is 10.2 Å². The second-order valence-electron chi connectivity index (χ2n) is 5.58. The SMILES string of the molecule is C1CCC(N/N=C2\N=NC3CCCCC3S2)CC1. The van der Waals surface area contributed by atoms with E-state index in [-0.39, 0.29) is 0 Å². The highest BCUT2D eigenvalue weighted by Crippen LogP contribution is 2.35. The molecule has 2 aliphatic carbocycles. The lowest BCUT2D eigenvalue weighted by Gasteiger charge is -2.29. The van der Waals surface area contributed by atoms with Crippen LogP contribution in [0.2, 0.25) is 0 Å². The normalized spacial score (nSPS) is 35.4. The highest BCUT2D eigenvalue weighted by atomic mass is 32.2. The van der Waals surface area contributed by atoms with E-state index in [1.54, 1.807) is 0 Å². The summed E-state index contributed by atoms with van der Waals surface area (Å²) < 4.78 is 0. The Kier molecular flexibility index (Phi) is 4.18. The van der Waals surface area contributed by atoms with E-state index in [4.69, 9.17) is 0 Å². The number of thioether (sulfide) groups is 1. The van der Waals surface area contributed by atoms with Crippen molar-refractivity contribution < 1.29 is 0 Å². The Labute approximate surface area is 113 Å². The van der Waals surface area contributed by atoms with Crippen LogP contribution in [0.5, 0.6) is 0 Å². The van der Waals surface area contributed by atoms with Crippen LogP contribution in [0.25, 0.3) is 0 Å². The minimum Gasteiger partial charge on any atom is -0.304 e. The lowest BCUT2D eigenvalue weighted by molar-refractivity contribution is 0.380. The van der Waals surface area contributed by atoms with Gasteiger partial charge in [0.2, 0.25) is 5.17 Å². The number of nitrogens with zero attached hydrogens (tertiary/aromatic N) is 3. The van der Waals surface area contributed by atoms with Crippen LogP contribution in [0.4, 0.5) is 0 Å². The van der Waals surface area contributed by atoms with Crippen molar-refractivity contribution in [2.75, 3.05) is 0 Å².